The number of halogens is 1. The first-order chi connectivity index (χ1) is 12.8. The van der Waals surface area contributed by atoms with Crippen molar-refractivity contribution < 1.29 is 18.2 Å². The second-order valence-corrected chi connectivity index (χ2v) is 6.89. The topological polar surface area (TPSA) is 133 Å². The van der Waals surface area contributed by atoms with Gasteiger partial charge >= 0.3 is 6.03 Å². The van der Waals surface area contributed by atoms with Gasteiger partial charge in [-0.25, -0.2) is 18.1 Å². The van der Waals surface area contributed by atoms with E-state index in [4.69, 9.17) is 11.5 Å². The van der Waals surface area contributed by atoms with Crippen molar-refractivity contribution in [3.8, 4) is 5.69 Å². The third-order valence-electron chi connectivity index (χ3n) is 3.55. The van der Waals surface area contributed by atoms with Crippen molar-refractivity contribution in [3.05, 3.63) is 66.2 Å². The molecule has 3 aromatic rings. The summed E-state index contributed by atoms with van der Waals surface area (Å²) >= 11 is 0. The molecule has 0 saturated heterocycles. The Morgan fingerprint density at radius 2 is 1.56 bits per heavy atom. The van der Waals surface area contributed by atoms with E-state index in [-0.39, 0.29) is 11.4 Å². The summed E-state index contributed by atoms with van der Waals surface area (Å²) in [5.74, 6) is -1.23. The van der Waals surface area contributed by atoms with Crippen molar-refractivity contribution >= 4 is 28.4 Å². The van der Waals surface area contributed by atoms with Gasteiger partial charge in [-0.2, -0.15) is 5.10 Å². The highest BCUT2D eigenvalue weighted by atomic mass is 32.2. The first-order valence-corrected chi connectivity index (χ1v) is 8.74. The van der Waals surface area contributed by atoms with Gasteiger partial charge < -0.3 is 16.8 Å². The summed E-state index contributed by atoms with van der Waals surface area (Å²) < 4.78 is 26.8. The number of urea groups is 1. The van der Waals surface area contributed by atoms with Crippen LogP contribution >= 0.6 is 0 Å². The molecule has 138 valence electrons. The lowest BCUT2D eigenvalue weighted by atomic mass is 10.3. The molecule has 1 aromatic heterocycles. The molecule has 0 saturated carbocycles. The van der Waals surface area contributed by atoms with E-state index in [0.717, 1.165) is 0 Å². The zero-order valence-electron chi connectivity index (χ0n) is 13.8. The van der Waals surface area contributed by atoms with Crippen molar-refractivity contribution in [2.24, 2.45) is 11.5 Å². The summed E-state index contributed by atoms with van der Waals surface area (Å²) in [6.07, 6.45) is 1.39. The molecule has 0 bridgehead atoms. The number of nitrogens with zero attached hydrogens (tertiary/aromatic N) is 2. The van der Waals surface area contributed by atoms with Crippen molar-refractivity contribution in [1.82, 2.24) is 9.78 Å². The maximum Gasteiger partial charge on any atom is 0.316 e. The number of primary amides is 2. The zero-order valence-corrected chi connectivity index (χ0v) is 14.6. The molecule has 0 spiro atoms. The average molecular weight is 387 g/mol. The second kappa shape index (κ2) is 7.38. The van der Waals surface area contributed by atoms with Gasteiger partial charge in [0.25, 0.3) is 5.91 Å². The van der Waals surface area contributed by atoms with E-state index in [1.165, 1.54) is 35.1 Å². The molecule has 8 nitrogen and oxygen atoms in total. The van der Waals surface area contributed by atoms with Gasteiger partial charge in [0, 0.05) is 9.79 Å². The van der Waals surface area contributed by atoms with E-state index in [1.54, 1.807) is 24.3 Å². The van der Waals surface area contributed by atoms with Crippen molar-refractivity contribution in [3.63, 3.8) is 0 Å². The maximum atomic E-state index is 13.0. The number of hydrogen-bond acceptors (Lipinski definition) is 4. The number of nitrogens with one attached hydrogen (secondary N) is 1. The minimum atomic E-state index is -1.48. The highest BCUT2D eigenvalue weighted by Crippen LogP contribution is 2.21. The molecule has 0 radical (unpaired) electrons. The minimum absolute atomic E-state index is 0.0777. The van der Waals surface area contributed by atoms with Crippen LogP contribution in [0.2, 0.25) is 0 Å². The molecule has 0 aliphatic carbocycles. The molecule has 27 heavy (non-hydrogen) atoms. The highest BCUT2D eigenvalue weighted by molar-refractivity contribution is 7.85. The molecule has 0 aliphatic rings. The third-order valence-corrected chi connectivity index (χ3v) is 4.95. The van der Waals surface area contributed by atoms with Gasteiger partial charge in [-0.3, -0.25) is 4.79 Å². The van der Waals surface area contributed by atoms with Crippen LogP contribution in [0.15, 0.2) is 64.5 Å². The number of rotatable bonds is 5. The van der Waals surface area contributed by atoms with E-state index >= 15 is 0 Å². The molecule has 2 aromatic carbocycles. The van der Waals surface area contributed by atoms with Crippen LogP contribution in [0.4, 0.5) is 14.9 Å². The third kappa shape index (κ3) is 4.01. The Bertz CT molecular complexity index is 1030. The molecule has 5 N–H and O–H groups in total. The summed E-state index contributed by atoms with van der Waals surface area (Å²) in [7, 11) is -1.48. The molecule has 1 heterocycles. The second-order valence-electron chi connectivity index (χ2n) is 5.41. The number of hydrogen-bond donors (Lipinski definition) is 3. The number of anilines is 1. The van der Waals surface area contributed by atoms with E-state index in [1.807, 2.05) is 0 Å². The monoisotopic (exact) mass is 387 g/mol. The molecule has 1 atom stereocenters. The average Bonchev–Trinajstić information content (AvgIpc) is 3.05. The largest absolute Gasteiger partial charge is 0.364 e. The molecule has 1 unspecified atom stereocenters. The van der Waals surface area contributed by atoms with Crippen molar-refractivity contribution in [1.29, 1.82) is 0 Å². The Labute approximate surface area is 155 Å². The predicted molar refractivity (Wildman–Crippen MR) is 96.4 cm³/mol. The van der Waals surface area contributed by atoms with Crippen LogP contribution in [0.3, 0.4) is 0 Å². The fraction of sp³-hybridized carbons (Fsp3) is 0. The standard InChI is InChI=1S/C17H14FN5O3S/c18-10-1-5-12(6-2-10)27(26)13-7-3-11(4-8-13)23-9-14(21-17(20)25)15(22-23)16(19)24/h1-9H,(H2,19,24)(H3,20,21,25). The molecular formula is C17H14FN5O3S. The SMILES string of the molecule is NC(=O)Nc1cn(-c2ccc(S(=O)c3ccc(F)cc3)cc2)nc1C(N)=O. The minimum Gasteiger partial charge on any atom is -0.364 e. The Morgan fingerprint density at radius 3 is 2.07 bits per heavy atom. The van der Waals surface area contributed by atoms with Gasteiger partial charge in [0.15, 0.2) is 5.69 Å². The van der Waals surface area contributed by atoms with Crippen molar-refractivity contribution in [2.75, 3.05) is 5.32 Å². The Balaban J connectivity index is 1.89. The first-order valence-electron chi connectivity index (χ1n) is 7.59. The van der Waals surface area contributed by atoms with Gasteiger partial charge in [-0.05, 0) is 48.5 Å². The zero-order chi connectivity index (χ0) is 19.6. The normalized spacial score (nSPS) is 11.7. The Morgan fingerprint density at radius 1 is 1.00 bits per heavy atom. The van der Waals surface area contributed by atoms with Gasteiger partial charge in [-0.1, -0.05) is 0 Å². The fourth-order valence-corrected chi connectivity index (χ4v) is 3.37. The lowest BCUT2D eigenvalue weighted by Gasteiger charge is -2.05. The molecule has 3 rings (SSSR count). The maximum absolute atomic E-state index is 13.0. The Kier molecular flexibility index (Phi) is 4.99. The van der Waals surface area contributed by atoms with Crippen LogP contribution in [0.1, 0.15) is 10.5 Å². The van der Waals surface area contributed by atoms with Crippen LogP contribution in [0, 0.1) is 5.82 Å². The molecule has 10 heteroatoms. The van der Waals surface area contributed by atoms with Gasteiger partial charge in [0.05, 0.1) is 28.4 Å². The molecule has 0 aliphatic heterocycles. The van der Waals surface area contributed by atoms with Crippen LogP contribution in [0.5, 0.6) is 0 Å². The highest BCUT2D eigenvalue weighted by Gasteiger charge is 2.16. The fourth-order valence-electron chi connectivity index (χ4n) is 2.33. The number of carbonyl (C=O) groups excluding carboxylic acids is 2. The number of benzene rings is 2. The number of carbonyl (C=O) groups is 2. The quantitative estimate of drug-likeness (QED) is 0.615. The number of nitrogens with two attached hydrogens (primary N) is 2. The van der Waals surface area contributed by atoms with Gasteiger partial charge in [0.2, 0.25) is 0 Å². The van der Waals surface area contributed by atoms with Gasteiger partial charge in [-0.15, -0.1) is 0 Å². The van der Waals surface area contributed by atoms with E-state index in [2.05, 4.69) is 10.4 Å². The van der Waals surface area contributed by atoms with Crippen LogP contribution in [-0.2, 0) is 10.8 Å². The number of aromatic nitrogens is 2. The van der Waals surface area contributed by atoms with Crippen LogP contribution < -0.4 is 16.8 Å². The number of amides is 3. The lowest BCUT2D eigenvalue weighted by molar-refractivity contribution is 0.0996. The molecule has 0 fully saturated rings. The Hall–Kier alpha value is -3.53. The smallest absolute Gasteiger partial charge is 0.316 e. The summed E-state index contributed by atoms with van der Waals surface area (Å²) in [6, 6.07) is 11.0. The van der Waals surface area contributed by atoms with Crippen LogP contribution in [0.25, 0.3) is 5.69 Å². The van der Waals surface area contributed by atoms with E-state index < -0.39 is 28.6 Å². The van der Waals surface area contributed by atoms with E-state index in [0.29, 0.717) is 15.5 Å². The summed E-state index contributed by atoms with van der Waals surface area (Å²) in [6.45, 7) is 0. The van der Waals surface area contributed by atoms with Gasteiger partial charge in [0.1, 0.15) is 5.82 Å². The first kappa shape index (κ1) is 18.3. The van der Waals surface area contributed by atoms with E-state index in [9.17, 15) is 18.2 Å². The van der Waals surface area contributed by atoms with Crippen LogP contribution in [-0.4, -0.2) is 25.9 Å². The molecule has 3 amide bonds. The predicted octanol–water partition coefficient (Wildman–Crippen LogP) is 1.77. The lowest BCUT2D eigenvalue weighted by Crippen LogP contribution is -2.22. The summed E-state index contributed by atoms with van der Waals surface area (Å²) in [5.41, 5.74) is 10.8. The summed E-state index contributed by atoms with van der Waals surface area (Å²) in [4.78, 5) is 23.5. The van der Waals surface area contributed by atoms with Crippen molar-refractivity contribution in [2.45, 2.75) is 9.79 Å². The molecular weight excluding hydrogens is 373 g/mol. The summed E-state index contributed by atoms with van der Waals surface area (Å²) in [5, 5.41) is 6.31.